The van der Waals surface area contributed by atoms with Gasteiger partial charge in [-0.25, -0.2) is 9.67 Å². The summed E-state index contributed by atoms with van der Waals surface area (Å²) >= 11 is 0. The molecule has 2 heterocycles. The van der Waals surface area contributed by atoms with E-state index < -0.39 is 0 Å². The molecule has 0 bridgehead atoms. The Labute approximate surface area is 106 Å². The monoisotopic (exact) mass is 240 g/mol. The van der Waals surface area contributed by atoms with Crippen LogP contribution in [-0.2, 0) is 13.1 Å². The predicted octanol–water partition coefficient (Wildman–Crippen LogP) is 2.69. The Kier molecular flexibility index (Phi) is 2.84. The van der Waals surface area contributed by atoms with Gasteiger partial charge in [0.25, 0.3) is 0 Å². The second kappa shape index (κ2) is 4.64. The minimum absolute atomic E-state index is 0.771. The predicted molar refractivity (Wildman–Crippen MR) is 71.4 cm³/mol. The van der Waals surface area contributed by atoms with Crippen LogP contribution in [0.15, 0.2) is 42.9 Å². The van der Waals surface area contributed by atoms with Gasteiger partial charge in [0.05, 0.1) is 6.54 Å². The standard InChI is InChI=1S/C14H16N4/c1-2-8-18-14(15-11-16-18)10-17-9-7-12-5-3-4-6-13(12)17/h3-7,9,11H,2,8,10H2,1H3. The smallest absolute Gasteiger partial charge is 0.146 e. The molecule has 0 unspecified atom stereocenters. The van der Waals surface area contributed by atoms with Crippen LogP contribution < -0.4 is 0 Å². The average molecular weight is 240 g/mol. The fourth-order valence-corrected chi connectivity index (χ4v) is 2.24. The third kappa shape index (κ3) is 1.90. The first-order valence-electron chi connectivity index (χ1n) is 6.29. The van der Waals surface area contributed by atoms with Gasteiger partial charge >= 0.3 is 0 Å². The molecule has 0 amide bonds. The van der Waals surface area contributed by atoms with Crippen LogP contribution in [0.1, 0.15) is 19.2 Å². The topological polar surface area (TPSA) is 35.6 Å². The van der Waals surface area contributed by atoms with Crippen molar-refractivity contribution in [3.05, 3.63) is 48.7 Å². The summed E-state index contributed by atoms with van der Waals surface area (Å²) in [5.41, 5.74) is 1.24. The highest BCUT2D eigenvalue weighted by Gasteiger charge is 2.06. The maximum absolute atomic E-state index is 4.35. The van der Waals surface area contributed by atoms with Gasteiger partial charge in [-0.2, -0.15) is 5.10 Å². The maximum atomic E-state index is 4.35. The van der Waals surface area contributed by atoms with Crippen molar-refractivity contribution < 1.29 is 0 Å². The molecule has 0 aliphatic carbocycles. The Morgan fingerprint density at radius 2 is 2.06 bits per heavy atom. The largest absolute Gasteiger partial charge is 0.340 e. The van der Waals surface area contributed by atoms with Gasteiger partial charge in [-0.15, -0.1) is 0 Å². The van der Waals surface area contributed by atoms with E-state index in [0.29, 0.717) is 0 Å². The molecule has 0 fully saturated rings. The van der Waals surface area contributed by atoms with E-state index in [1.807, 2.05) is 4.68 Å². The van der Waals surface area contributed by atoms with Crippen molar-refractivity contribution in [2.75, 3.05) is 0 Å². The molecule has 18 heavy (non-hydrogen) atoms. The Balaban J connectivity index is 1.94. The summed E-state index contributed by atoms with van der Waals surface area (Å²) in [5.74, 6) is 1.01. The Morgan fingerprint density at radius 1 is 1.17 bits per heavy atom. The highest BCUT2D eigenvalue weighted by Crippen LogP contribution is 2.16. The fourth-order valence-electron chi connectivity index (χ4n) is 2.24. The minimum atomic E-state index is 0.771. The molecule has 1 aromatic carbocycles. The van der Waals surface area contributed by atoms with E-state index in [2.05, 4.69) is 58.1 Å². The fraction of sp³-hybridized carbons (Fsp3) is 0.286. The van der Waals surface area contributed by atoms with Crippen molar-refractivity contribution in [3.8, 4) is 0 Å². The molecule has 4 nitrogen and oxygen atoms in total. The lowest BCUT2D eigenvalue weighted by Gasteiger charge is -2.07. The third-order valence-electron chi connectivity index (χ3n) is 3.12. The van der Waals surface area contributed by atoms with Crippen molar-refractivity contribution in [1.82, 2.24) is 19.3 Å². The lowest BCUT2D eigenvalue weighted by Crippen LogP contribution is -2.09. The van der Waals surface area contributed by atoms with Gasteiger partial charge < -0.3 is 4.57 Å². The Bertz CT molecular complexity index is 650. The lowest BCUT2D eigenvalue weighted by molar-refractivity contribution is 0.557. The van der Waals surface area contributed by atoms with Crippen LogP contribution in [0.2, 0.25) is 0 Å². The van der Waals surface area contributed by atoms with E-state index in [4.69, 9.17) is 0 Å². The first-order chi connectivity index (χ1) is 8.88. The molecule has 92 valence electrons. The molecule has 3 aromatic rings. The molecule has 0 aliphatic rings. The first-order valence-corrected chi connectivity index (χ1v) is 6.29. The zero-order valence-corrected chi connectivity index (χ0v) is 10.5. The van der Waals surface area contributed by atoms with Crippen LogP contribution in [0.3, 0.4) is 0 Å². The zero-order valence-electron chi connectivity index (χ0n) is 10.5. The highest BCUT2D eigenvalue weighted by molar-refractivity contribution is 5.79. The number of para-hydroxylation sites is 1. The van der Waals surface area contributed by atoms with Crippen molar-refractivity contribution in [2.24, 2.45) is 0 Å². The number of aromatic nitrogens is 4. The molecule has 0 saturated carbocycles. The zero-order chi connectivity index (χ0) is 12.4. The second-order valence-electron chi connectivity index (χ2n) is 4.40. The normalized spacial score (nSPS) is 11.2. The van der Waals surface area contributed by atoms with Crippen molar-refractivity contribution >= 4 is 10.9 Å². The van der Waals surface area contributed by atoms with Crippen LogP contribution in [0, 0.1) is 0 Å². The van der Waals surface area contributed by atoms with Crippen molar-refractivity contribution in [2.45, 2.75) is 26.4 Å². The van der Waals surface area contributed by atoms with E-state index in [1.165, 1.54) is 10.9 Å². The number of rotatable bonds is 4. The highest BCUT2D eigenvalue weighted by atomic mass is 15.3. The Hall–Kier alpha value is -2.10. The summed E-state index contributed by atoms with van der Waals surface area (Å²) in [6.45, 7) is 3.85. The summed E-state index contributed by atoms with van der Waals surface area (Å²) in [4.78, 5) is 4.35. The second-order valence-corrected chi connectivity index (χ2v) is 4.40. The molecule has 2 aromatic heterocycles. The molecule has 0 N–H and O–H groups in total. The minimum Gasteiger partial charge on any atom is -0.340 e. The van der Waals surface area contributed by atoms with Crippen LogP contribution in [0.25, 0.3) is 10.9 Å². The van der Waals surface area contributed by atoms with E-state index in [-0.39, 0.29) is 0 Å². The van der Waals surface area contributed by atoms with E-state index in [1.54, 1.807) is 6.33 Å². The molecular formula is C14H16N4. The SMILES string of the molecule is CCCn1ncnc1Cn1ccc2ccccc21. The first kappa shape index (κ1) is 11.0. The Morgan fingerprint density at radius 3 is 2.94 bits per heavy atom. The molecule has 0 aliphatic heterocycles. The van der Waals surface area contributed by atoms with Crippen LogP contribution in [0.4, 0.5) is 0 Å². The van der Waals surface area contributed by atoms with Gasteiger partial charge in [-0.3, -0.25) is 0 Å². The summed E-state index contributed by atoms with van der Waals surface area (Å²) in [6.07, 6.45) is 4.81. The maximum Gasteiger partial charge on any atom is 0.146 e. The van der Waals surface area contributed by atoms with Gasteiger partial charge in [0.1, 0.15) is 12.2 Å². The molecule has 3 rings (SSSR count). The lowest BCUT2D eigenvalue weighted by atomic mass is 10.2. The van der Waals surface area contributed by atoms with Crippen LogP contribution in [-0.4, -0.2) is 19.3 Å². The van der Waals surface area contributed by atoms with Crippen LogP contribution in [0.5, 0.6) is 0 Å². The van der Waals surface area contributed by atoms with Gasteiger partial charge in [0.2, 0.25) is 0 Å². The number of benzene rings is 1. The molecular weight excluding hydrogens is 224 g/mol. The van der Waals surface area contributed by atoms with Gasteiger partial charge in [0.15, 0.2) is 0 Å². The van der Waals surface area contributed by atoms with Crippen molar-refractivity contribution in [1.29, 1.82) is 0 Å². The van der Waals surface area contributed by atoms with E-state index >= 15 is 0 Å². The molecule has 0 spiro atoms. The van der Waals surface area contributed by atoms with E-state index in [9.17, 15) is 0 Å². The van der Waals surface area contributed by atoms with E-state index in [0.717, 1.165) is 25.3 Å². The van der Waals surface area contributed by atoms with Gasteiger partial charge in [0, 0.05) is 18.3 Å². The molecule has 0 atom stereocenters. The van der Waals surface area contributed by atoms with Crippen molar-refractivity contribution in [3.63, 3.8) is 0 Å². The average Bonchev–Trinajstić information content (AvgIpc) is 2.99. The summed E-state index contributed by atoms with van der Waals surface area (Å²) in [5, 5.41) is 5.52. The number of fused-ring (bicyclic) bond motifs is 1. The number of hydrogen-bond acceptors (Lipinski definition) is 2. The van der Waals surface area contributed by atoms with Crippen LogP contribution >= 0.6 is 0 Å². The summed E-state index contributed by atoms with van der Waals surface area (Å²) in [6, 6.07) is 10.5. The number of aryl methyl sites for hydroxylation is 1. The molecule has 0 saturated heterocycles. The molecule has 4 heteroatoms. The van der Waals surface area contributed by atoms with Gasteiger partial charge in [-0.1, -0.05) is 25.1 Å². The van der Waals surface area contributed by atoms with Gasteiger partial charge in [-0.05, 0) is 23.9 Å². The summed E-state index contributed by atoms with van der Waals surface area (Å²) < 4.78 is 4.19. The molecule has 0 radical (unpaired) electrons. The third-order valence-corrected chi connectivity index (χ3v) is 3.12. The number of nitrogens with zero attached hydrogens (tertiary/aromatic N) is 4. The number of hydrogen-bond donors (Lipinski definition) is 0. The summed E-state index contributed by atoms with van der Waals surface area (Å²) in [7, 11) is 0. The quantitative estimate of drug-likeness (QED) is 0.703.